The van der Waals surface area contributed by atoms with E-state index in [0.29, 0.717) is 25.1 Å². The topological polar surface area (TPSA) is 38.5 Å². The van der Waals surface area contributed by atoms with Crippen molar-refractivity contribution in [2.24, 2.45) is 5.73 Å². The van der Waals surface area contributed by atoms with Crippen LogP contribution in [0.3, 0.4) is 0 Å². The van der Waals surface area contributed by atoms with Crippen molar-refractivity contribution >= 4 is 0 Å². The van der Waals surface area contributed by atoms with Crippen LogP contribution in [0.25, 0.3) is 0 Å². The van der Waals surface area contributed by atoms with E-state index in [1.54, 1.807) is 0 Å². The van der Waals surface area contributed by atoms with Crippen LogP contribution in [-0.4, -0.2) is 37.2 Å². The molecule has 1 fully saturated rings. The highest BCUT2D eigenvalue weighted by Crippen LogP contribution is 2.19. The number of rotatable bonds is 6. The third-order valence-electron chi connectivity index (χ3n) is 3.92. The fourth-order valence-corrected chi connectivity index (χ4v) is 2.57. The Morgan fingerprint density at radius 2 is 1.79 bits per heavy atom. The lowest BCUT2D eigenvalue weighted by Crippen LogP contribution is -2.42. The van der Waals surface area contributed by atoms with Gasteiger partial charge in [0, 0.05) is 6.54 Å². The number of benzene rings is 1. The molecule has 0 aliphatic carbocycles. The predicted octanol–water partition coefficient (Wildman–Crippen LogP) is 2.61. The quantitative estimate of drug-likeness (QED) is 0.856. The van der Waals surface area contributed by atoms with Crippen molar-refractivity contribution in [3.8, 4) is 5.75 Å². The normalized spacial score (nSPS) is 17.9. The van der Waals surface area contributed by atoms with E-state index in [4.69, 9.17) is 10.5 Å². The first-order valence-corrected chi connectivity index (χ1v) is 7.37. The molecule has 106 valence electrons. The summed E-state index contributed by atoms with van der Waals surface area (Å²) in [5.74, 6) is 1.51. The van der Waals surface area contributed by atoms with Gasteiger partial charge in [-0.05, 0) is 49.5 Å². The SMILES string of the molecule is CC(C)c1ccc(OCC(CN)N2CCCC2)cc1. The third kappa shape index (κ3) is 3.95. The molecule has 1 aliphatic heterocycles. The first kappa shape index (κ1) is 14.4. The minimum absolute atomic E-state index is 0.354. The number of hydrogen-bond acceptors (Lipinski definition) is 3. The summed E-state index contributed by atoms with van der Waals surface area (Å²) in [5, 5.41) is 0. The molecule has 3 heteroatoms. The fraction of sp³-hybridized carbons (Fsp3) is 0.625. The monoisotopic (exact) mass is 262 g/mol. The highest BCUT2D eigenvalue weighted by atomic mass is 16.5. The molecule has 0 spiro atoms. The number of nitrogens with two attached hydrogens (primary N) is 1. The van der Waals surface area contributed by atoms with E-state index in [1.165, 1.54) is 18.4 Å². The van der Waals surface area contributed by atoms with Gasteiger partial charge in [0.1, 0.15) is 12.4 Å². The molecule has 1 heterocycles. The van der Waals surface area contributed by atoms with Crippen molar-refractivity contribution in [1.29, 1.82) is 0 Å². The average molecular weight is 262 g/mol. The Balaban J connectivity index is 1.86. The largest absolute Gasteiger partial charge is 0.492 e. The van der Waals surface area contributed by atoms with Crippen molar-refractivity contribution in [3.63, 3.8) is 0 Å². The average Bonchev–Trinajstić information content (AvgIpc) is 2.94. The molecular formula is C16H26N2O. The molecule has 1 aromatic rings. The summed E-state index contributed by atoms with van der Waals surface area (Å²) < 4.78 is 5.88. The third-order valence-corrected chi connectivity index (χ3v) is 3.92. The molecule has 1 atom stereocenters. The second-order valence-corrected chi connectivity index (χ2v) is 5.67. The van der Waals surface area contributed by atoms with Crippen molar-refractivity contribution in [3.05, 3.63) is 29.8 Å². The Kier molecular flexibility index (Phi) is 5.23. The lowest BCUT2D eigenvalue weighted by atomic mass is 10.0. The number of hydrogen-bond donors (Lipinski definition) is 1. The summed E-state index contributed by atoms with van der Waals surface area (Å²) in [4.78, 5) is 2.45. The van der Waals surface area contributed by atoms with Gasteiger partial charge in [-0.2, -0.15) is 0 Å². The van der Waals surface area contributed by atoms with Gasteiger partial charge in [0.05, 0.1) is 6.04 Å². The zero-order valence-corrected chi connectivity index (χ0v) is 12.1. The van der Waals surface area contributed by atoms with E-state index >= 15 is 0 Å². The molecule has 0 bridgehead atoms. The molecule has 1 aliphatic rings. The molecule has 3 nitrogen and oxygen atoms in total. The zero-order chi connectivity index (χ0) is 13.7. The van der Waals surface area contributed by atoms with Crippen molar-refractivity contribution in [2.45, 2.75) is 38.6 Å². The van der Waals surface area contributed by atoms with E-state index in [-0.39, 0.29) is 0 Å². The Hall–Kier alpha value is -1.06. The van der Waals surface area contributed by atoms with Crippen LogP contribution in [0, 0.1) is 0 Å². The fourth-order valence-electron chi connectivity index (χ4n) is 2.57. The summed E-state index contributed by atoms with van der Waals surface area (Å²) in [6.45, 7) is 8.10. The molecule has 1 unspecified atom stereocenters. The van der Waals surface area contributed by atoms with Gasteiger partial charge in [-0.25, -0.2) is 0 Å². The van der Waals surface area contributed by atoms with E-state index in [0.717, 1.165) is 18.8 Å². The molecule has 19 heavy (non-hydrogen) atoms. The maximum Gasteiger partial charge on any atom is 0.119 e. The molecule has 2 N–H and O–H groups in total. The van der Waals surface area contributed by atoms with Crippen molar-refractivity contribution in [2.75, 3.05) is 26.2 Å². The maximum atomic E-state index is 5.88. The Morgan fingerprint density at radius 1 is 1.16 bits per heavy atom. The van der Waals surface area contributed by atoms with Crippen LogP contribution < -0.4 is 10.5 Å². The van der Waals surface area contributed by atoms with E-state index in [2.05, 4.69) is 43.0 Å². The van der Waals surface area contributed by atoms with Crippen LogP contribution in [0.1, 0.15) is 38.2 Å². The van der Waals surface area contributed by atoms with E-state index in [1.807, 2.05) is 0 Å². The van der Waals surface area contributed by atoms with Gasteiger partial charge in [0.2, 0.25) is 0 Å². The molecule has 2 rings (SSSR count). The second kappa shape index (κ2) is 6.92. The highest BCUT2D eigenvalue weighted by molar-refractivity contribution is 5.28. The van der Waals surface area contributed by atoms with Crippen LogP contribution in [-0.2, 0) is 0 Å². The van der Waals surface area contributed by atoms with E-state index < -0.39 is 0 Å². The van der Waals surface area contributed by atoms with Gasteiger partial charge in [-0.3, -0.25) is 4.90 Å². The zero-order valence-electron chi connectivity index (χ0n) is 12.1. The summed E-state index contributed by atoms with van der Waals surface area (Å²) in [7, 11) is 0. The minimum atomic E-state index is 0.354. The van der Waals surface area contributed by atoms with E-state index in [9.17, 15) is 0 Å². The van der Waals surface area contributed by atoms with Crippen LogP contribution in [0.5, 0.6) is 5.75 Å². The van der Waals surface area contributed by atoms with Crippen LogP contribution in [0.15, 0.2) is 24.3 Å². The summed E-state index contributed by atoms with van der Waals surface area (Å²) in [6.07, 6.45) is 2.58. The van der Waals surface area contributed by atoms with Crippen LogP contribution in [0.4, 0.5) is 0 Å². The molecule has 1 aromatic carbocycles. The summed E-state index contributed by atoms with van der Waals surface area (Å²) in [6, 6.07) is 8.77. The molecule has 0 saturated carbocycles. The minimum Gasteiger partial charge on any atom is -0.492 e. The van der Waals surface area contributed by atoms with Crippen molar-refractivity contribution < 1.29 is 4.74 Å². The summed E-state index contributed by atoms with van der Waals surface area (Å²) in [5.41, 5.74) is 7.21. The lowest BCUT2D eigenvalue weighted by Gasteiger charge is -2.26. The van der Waals surface area contributed by atoms with Gasteiger partial charge < -0.3 is 10.5 Å². The van der Waals surface area contributed by atoms with Gasteiger partial charge in [0.25, 0.3) is 0 Å². The Labute approximate surface area is 116 Å². The van der Waals surface area contributed by atoms with Crippen LogP contribution in [0.2, 0.25) is 0 Å². The Bertz CT molecular complexity index is 369. The number of likely N-dealkylation sites (tertiary alicyclic amines) is 1. The highest BCUT2D eigenvalue weighted by Gasteiger charge is 2.21. The van der Waals surface area contributed by atoms with Crippen molar-refractivity contribution in [1.82, 2.24) is 4.90 Å². The van der Waals surface area contributed by atoms with Gasteiger partial charge >= 0.3 is 0 Å². The maximum absolute atomic E-state index is 5.88. The molecule has 0 aromatic heterocycles. The van der Waals surface area contributed by atoms with Gasteiger partial charge in [-0.1, -0.05) is 26.0 Å². The Morgan fingerprint density at radius 3 is 2.32 bits per heavy atom. The lowest BCUT2D eigenvalue weighted by molar-refractivity contribution is 0.165. The van der Waals surface area contributed by atoms with Gasteiger partial charge in [-0.15, -0.1) is 0 Å². The molecular weight excluding hydrogens is 236 g/mol. The molecule has 1 saturated heterocycles. The van der Waals surface area contributed by atoms with Crippen LogP contribution >= 0.6 is 0 Å². The smallest absolute Gasteiger partial charge is 0.119 e. The molecule has 0 amide bonds. The van der Waals surface area contributed by atoms with Gasteiger partial charge in [0.15, 0.2) is 0 Å². The number of nitrogens with zero attached hydrogens (tertiary/aromatic N) is 1. The first-order valence-electron chi connectivity index (χ1n) is 7.37. The molecule has 0 radical (unpaired) electrons. The summed E-state index contributed by atoms with van der Waals surface area (Å²) >= 11 is 0. The second-order valence-electron chi connectivity index (χ2n) is 5.67. The predicted molar refractivity (Wildman–Crippen MR) is 79.7 cm³/mol. The number of ether oxygens (including phenoxy) is 1. The standard InChI is InChI=1S/C16H26N2O/c1-13(2)14-5-7-16(8-6-14)19-12-15(11-17)18-9-3-4-10-18/h5-8,13,15H,3-4,9-12,17H2,1-2H3. The first-order chi connectivity index (χ1) is 9.20.